The molecule has 0 bridgehead atoms. The van der Waals surface area contributed by atoms with Crippen LogP contribution in [-0.4, -0.2) is 15.7 Å². The monoisotopic (exact) mass is 334 g/mol. The lowest BCUT2D eigenvalue weighted by molar-refractivity contribution is 0.205. The Bertz CT molecular complexity index is 724. The molecular weight excluding hydrogens is 320 g/mol. The Morgan fingerprint density at radius 1 is 1.45 bits per heavy atom. The third-order valence-corrected chi connectivity index (χ3v) is 4.09. The number of nitrogens with zero attached hydrogens (tertiary/aromatic N) is 2. The van der Waals surface area contributed by atoms with Gasteiger partial charge in [-0.2, -0.15) is 0 Å². The van der Waals surface area contributed by atoms with Gasteiger partial charge in [-0.05, 0) is 41.4 Å². The summed E-state index contributed by atoms with van der Waals surface area (Å²) < 4.78 is 8.05. The molecule has 1 atom stereocenters. The molecule has 0 N–H and O–H groups in total. The number of aryl methyl sites for hydroxylation is 2. The minimum absolute atomic E-state index is 0.0145. The Balaban J connectivity index is 1.85. The van der Waals surface area contributed by atoms with E-state index in [2.05, 4.69) is 33.9 Å². The van der Waals surface area contributed by atoms with Crippen LogP contribution in [0.5, 0.6) is 5.75 Å². The van der Waals surface area contributed by atoms with Gasteiger partial charge >= 0.3 is 0 Å². The van der Waals surface area contributed by atoms with Crippen molar-refractivity contribution in [1.82, 2.24) is 9.55 Å². The van der Waals surface area contributed by atoms with Gasteiger partial charge in [-0.15, -0.1) is 0 Å². The molecule has 0 radical (unpaired) electrons. The highest BCUT2D eigenvalue weighted by Gasteiger charge is 2.24. The molecule has 0 amide bonds. The fraction of sp³-hybridized carbons (Fsp3) is 0.333. The molecule has 1 aliphatic rings. The summed E-state index contributed by atoms with van der Waals surface area (Å²) in [5, 5.41) is 0. The first-order valence-electron chi connectivity index (χ1n) is 6.52. The fourth-order valence-corrected chi connectivity index (χ4v) is 2.84. The van der Waals surface area contributed by atoms with Crippen LogP contribution in [0.4, 0.5) is 0 Å². The van der Waals surface area contributed by atoms with Gasteiger partial charge in [-0.1, -0.05) is 17.7 Å². The number of aromatic nitrogens is 2. The molecule has 1 unspecified atom stereocenters. The number of halogens is 1. The highest BCUT2D eigenvalue weighted by Crippen LogP contribution is 2.30. The molecule has 0 aliphatic carbocycles. The molecule has 20 heavy (non-hydrogen) atoms. The summed E-state index contributed by atoms with van der Waals surface area (Å²) in [4.78, 5) is 16.3. The minimum atomic E-state index is -0.0618. The van der Waals surface area contributed by atoms with Crippen molar-refractivity contribution in [3.8, 4) is 5.75 Å². The molecule has 5 heteroatoms. The third-order valence-electron chi connectivity index (χ3n) is 3.55. The normalized spacial score (nSPS) is 16.9. The zero-order chi connectivity index (χ0) is 14.3. The molecule has 104 valence electrons. The first-order chi connectivity index (χ1) is 9.54. The lowest BCUT2D eigenvalue weighted by atomic mass is 10.1. The van der Waals surface area contributed by atoms with Gasteiger partial charge < -0.3 is 4.74 Å². The number of ether oxygens (including phenoxy) is 1. The van der Waals surface area contributed by atoms with Crippen molar-refractivity contribution in [2.24, 2.45) is 0 Å². The topological polar surface area (TPSA) is 44.1 Å². The summed E-state index contributed by atoms with van der Waals surface area (Å²) in [5.41, 5.74) is 2.38. The van der Waals surface area contributed by atoms with Crippen LogP contribution < -0.4 is 10.3 Å². The standard InChI is InChI=1S/C15H15BrN2O2/c1-9-3-4-14-11(5-9)6-12(20-14)8-18-10(2)17-7-13(16)15(18)19/h3-5,7,12H,6,8H2,1-2H3. The lowest BCUT2D eigenvalue weighted by Crippen LogP contribution is -2.31. The maximum atomic E-state index is 12.1. The van der Waals surface area contributed by atoms with Crippen LogP contribution in [0.1, 0.15) is 17.0 Å². The van der Waals surface area contributed by atoms with Gasteiger partial charge in [0.25, 0.3) is 5.56 Å². The first-order valence-corrected chi connectivity index (χ1v) is 7.32. The molecule has 4 nitrogen and oxygen atoms in total. The van der Waals surface area contributed by atoms with Crippen molar-refractivity contribution in [2.75, 3.05) is 0 Å². The Morgan fingerprint density at radius 2 is 2.25 bits per heavy atom. The Morgan fingerprint density at radius 3 is 3.05 bits per heavy atom. The highest BCUT2D eigenvalue weighted by atomic mass is 79.9. The van der Waals surface area contributed by atoms with E-state index in [0.717, 1.165) is 12.2 Å². The summed E-state index contributed by atoms with van der Waals surface area (Å²) in [6.07, 6.45) is 2.36. The van der Waals surface area contributed by atoms with Crippen LogP contribution in [0.15, 0.2) is 33.7 Å². The zero-order valence-corrected chi connectivity index (χ0v) is 13.0. The van der Waals surface area contributed by atoms with Gasteiger partial charge in [0.1, 0.15) is 22.2 Å². The van der Waals surface area contributed by atoms with E-state index in [1.807, 2.05) is 19.1 Å². The molecule has 0 saturated heterocycles. The number of hydrogen-bond acceptors (Lipinski definition) is 3. The van der Waals surface area contributed by atoms with E-state index in [0.29, 0.717) is 16.8 Å². The highest BCUT2D eigenvalue weighted by molar-refractivity contribution is 9.10. The predicted octanol–water partition coefficient (Wildman–Crippen LogP) is 2.63. The molecule has 2 aromatic rings. The molecule has 0 saturated carbocycles. The van der Waals surface area contributed by atoms with Crippen LogP contribution in [0, 0.1) is 13.8 Å². The average molecular weight is 335 g/mol. The second-order valence-corrected chi connectivity index (χ2v) is 5.98. The number of fused-ring (bicyclic) bond motifs is 1. The van der Waals surface area contributed by atoms with Gasteiger partial charge in [0.05, 0.1) is 6.54 Å². The predicted molar refractivity (Wildman–Crippen MR) is 80.2 cm³/mol. The van der Waals surface area contributed by atoms with Crippen LogP contribution in [-0.2, 0) is 13.0 Å². The van der Waals surface area contributed by atoms with Gasteiger partial charge in [0.15, 0.2) is 0 Å². The molecule has 1 aromatic carbocycles. The van der Waals surface area contributed by atoms with Crippen molar-refractivity contribution in [1.29, 1.82) is 0 Å². The molecular formula is C15H15BrN2O2. The van der Waals surface area contributed by atoms with Crippen molar-refractivity contribution in [3.63, 3.8) is 0 Å². The van der Waals surface area contributed by atoms with Crippen LogP contribution in [0.3, 0.4) is 0 Å². The molecule has 3 rings (SSSR count). The van der Waals surface area contributed by atoms with Gasteiger partial charge in [-0.3, -0.25) is 9.36 Å². The van der Waals surface area contributed by atoms with Crippen molar-refractivity contribution in [3.05, 3.63) is 56.2 Å². The molecule has 1 aromatic heterocycles. The third kappa shape index (κ3) is 2.38. The number of benzene rings is 1. The van der Waals surface area contributed by atoms with E-state index in [1.54, 1.807) is 10.8 Å². The van der Waals surface area contributed by atoms with E-state index < -0.39 is 0 Å². The lowest BCUT2D eigenvalue weighted by Gasteiger charge is -2.14. The largest absolute Gasteiger partial charge is 0.488 e. The summed E-state index contributed by atoms with van der Waals surface area (Å²) >= 11 is 3.23. The SMILES string of the molecule is Cc1ccc2c(c1)CC(Cn1c(C)ncc(Br)c1=O)O2. The van der Waals surface area contributed by atoms with Crippen molar-refractivity contribution in [2.45, 2.75) is 32.9 Å². The molecule has 0 spiro atoms. The second-order valence-electron chi connectivity index (χ2n) is 5.12. The van der Waals surface area contributed by atoms with Crippen molar-refractivity contribution >= 4 is 15.9 Å². The maximum Gasteiger partial charge on any atom is 0.267 e. The van der Waals surface area contributed by atoms with Gasteiger partial charge in [-0.25, -0.2) is 4.98 Å². The van der Waals surface area contributed by atoms with Crippen molar-refractivity contribution < 1.29 is 4.74 Å². The van der Waals surface area contributed by atoms with E-state index >= 15 is 0 Å². The van der Waals surface area contributed by atoms with Gasteiger partial charge in [0.2, 0.25) is 0 Å². The molecule has 0 fully saturated rings. The minimum Gasteiger partial charge on any atom is -0.488 e. The Labute approximate surface area is 125 Å². The van der Waals surface area contributed by atoms with Crippen LogP contribution >= 0.6 is 15.9 Å². The van der Waals surface area contributed by atoms with Crippen LogP contribution in [0.2, 0.25) is 0 Å². The fourth-order valence-electron chi connectivity index (χ4n) is 2.52. The quantitative estimate of drug-likeness (QED) is 0.847. The summed E-state index contributed by atoms with van der Waals surface area (Å²) in [6, 6.07) is 6.18. The summed E-state index contributed by atoms with van der Waals surface area (Å²) in [6.45, 7) is 4.42. The average Bonchev–Trinajstić information content (AvgIpc) is 2.81. The first kappa shape index (κ1) is 13.4. The molecule has 2 heterocycles. The Kier molecular flexibility index (Phi) is 3.38. The molecule has 1 aliphatic heterocycles. The van der Waals surface area contributed by atoms with Crippen LogP contribution in [0.25, 0.3) is 0 Å². The zero-order valence-electron chi connectivity index (χ0n) is 11.4. The van der Waals surface area contributed by atoms with E-state index in [4.69, 9.17) is 4.74 Å². The number of rotatable bonds is 2. The summed E-state index contributed by atoms with van der Waals surface area (Å²) in [5.74, 6) is 1.63. The van der Waals surface area contributed by atoms with Gasteiger partial charge in [0, 0.05) is 12.6 Å². The number of hydrogen-bond donors (Lipinski definition) is 0. The summed E-state index contributed by atoms with van der Waals surface area (Å²) in [7, 11) is 0. The van der Waals surface area contributed by atoms with E-state index in [9.17, 15) is 4.79 Å². The smallest absolute Gasteiger partial charge is 0.267 e. The maximum absolute atomic E-state index is 12.1. The van der Waals surface area contributed by atoms with E-state index in [-0.39, 0.29) is 11.7 Å². The Hall–Kier alpha value is -1.62. The second kappa shape index (κ2) is 5.05. The van der Waals surface area contributed by atoms with E-state index in [1.165, 1.54) is 11.1 Å².